The zero-order valence-corrected chi connectivity index (χ0v) is 17.5. The molecule has 0 bridgehead atoms. The van der Waals surface area contributed by atoms with Crippen molar-refractivity contribution >= 4 is 35.0 Å². The Labute approximate surface area is 178 Å². The van der Waals surface area contributed by atoms with Gasteiger partial charge < -0.3 is 14.8 Å². The maximum absolute atomic E-state index is 12.4. The predicted molar refractivity (Wildman–Crippen MR) is 113 cm³/mol. The Kier molecular flexibility index (Phi) is 7.30. The van der Waals surface area contributed by atoms with E-state index in [-0.39, 0.29) is 16.9 Å². The van der Waals surface area contributed by atoms with Gasteiger partial charge in [0.1, 0.15) is 5.60 Å². The first kappa shape index (κ1) is 23.3. The number of hydrogen-bond acceptors (Lipinski definition) is 7. The monoisotopic (exact) mass is 429 g/mol. The summed E-state index contributed by atoms with van der Waals surface area (Å²) >= 11 is 0. The number of nitro groups is 1. The molecule has 2 amide bonds. The molecule has 2 rings (SSSR count). The number of nitrogens with zero attached hydrogens (tertiary/aromatic N) is 1. The Morgan fingerprint density at radius 2 is 1.61 bits per heavy atom. The third-order valence-corrected chi connectivity index (χ3v) is 3.72. The van der Waals surface area contributed by atoms with Crippen molar-refractivity contribution in [3.63, 3.8) is 0 Å². The SMILES string of the molecule is CC(OC(=O)c1cccc(NC(=O)OC(C)(C)C)c1)C(=O)Nc1cccc([N+](=O)[O-])c1. The van der Waals surface area contributed by atoms with Gasteiger partial charge in [0.15, 0.2) is 6.10 Å². The molecule has 164 valence electrons. The number of non-ortho nitro benzene ring substituents is 1. The van der Waals surface area contributed by atoms with Gasteiger partial charge >= 0.3 is 12.1 Å². The smallest absolute Gasteiger partial charge is 0.412 e. The van der Waals surface area contributed by atoms with E-state index in [4.69, 9.17) is 9.47 Å². The molecule has 0 aliphatic rings. The van der Waals surface area contributed by atoms with Crippen molar-refractivity contribution in [3.8, 4) is 0 Å². The van der Waals surface area contributed by atoms with E-state index in [9.17, 15) is 24.5 Å². The van der Waals surface area contributed by atoms with E-state index < -0.39 is 34.6 Å². The Balaban J connectivity index is 1.99. The number of carbonyl (C=O) groups excluding carboxylic acids is 3. The van der Waals surface area contributed by atoms with Crippen LogP contribution in [-0.2, 0) is 14.3 Å². The fourth-order valence-electron chi connectivity index (χ4n) is 2.37. The summed E-state index contributed by atoms with van der Waals surface area (Å²) in [5, 5.41) is 15.8. The van der Waals surface area contributed by atoms with Gasteiger partial charge in [-0.25, -0.2) is 9.59 Å². The minimum absolute atomic E-state index is 0.114. The van der Waals surface area contributed by atoms with Crippen molar-refractivity contribution in [2.24, 2.45) is 0 Å². The molecule has 1 unspecified atom stereocenters. The molecule has 0 spiro atoms. The molecule has 2 aromatic carbocycles. The molecule has 0 saturated carbocycles. The second-order valence-corrected chi connectivity index (χ2v) is 7.55. The first-order chi connectivity index (χ1) is 14.4. The van der Waals surface area contributed by atoms with Crippen LogP contribution in [0.5, 0.6) is 0 Å². The summed E-state index contributed by atoms with van der Waals surface area (Å²) in [5.74, 6) is -1.44. The molecule has 0 fully saturated rings. The largest absolute Gasteiger partial charge is 0.449 e. The fraction of sp³-hybridized carbons (Fsp3) is 0.286. The van der Waals surface area contributed by atoms with Gasteiger partial charge in [0.25, 0.3) is 11.6 Å². The molecule has 10 heteroatoms. The lowest BCUT2D eigenvalue weighted by Crippen LogP contribution is -2.30. The molecule has 2 aromatic rings. The van der Waals surface area contributed by atoms with Crippen LogP contribution >= 0.6 is 0 Å². The van der Waals surface area contributed by atoms with E-state index in [1.165, 1.54) is 49.4 Å². The number of anilines is 2. The number of rotatable bonds is 6. The minimum atomic E-state index is -1.17. The average molecular weight is 429 g/mol. The maximum Gasteiger partial charge on any atom is 0.412 e. The second-order valence-electron chi connectivity index (χ2n) is 7.55. The van der Waals surface area contributed by atoms with Crippen LogP contribution in [0.3, 0.4) is 0 Å². The Hall–Kier alpha value is -3.95. The number of esters is 1. The quantitative estimate of drug-likeness (QED) is 0.400. The highest BCUT2D eigenvalue weighted by Gasteiger charge is 2.21. The molecule has 0 heterocycles. The lowest BCUT2D eigenvalue weighted by atomic mass is 10.2. The molecular formula is C21H23N3O7. The third kappa shape index (κ3) is 7.42. The van der Waals surface area contributed by atoms with Gasteiger partial charge in [0.05, 0.1) is 10.5 Å². The van der Waals surface area contributed by atoms with Crippen LogP contribution in [0.1, 0.15) is 38.1 Å². The average Bonchev–Trinajstić information content (AvgIpc) is 2.66. The number of ether oxygens (including phenoxy) is 2. The number of nitrogens with one attached hydrogen (secondary N) is 2. The van der Waals surface area contributed by atoms with Gasteiger partial charge in [0.2, 0.25) is 0 Å². The lowest BCUT2D eigenvalue weighted by Gasteiger charge is -2.19. The maximum atomic E-state index is 12.4. The van der Waals surface area contributed by atoms with Gasteiger partial charge in [-0.3, -0.25) is 20.2 Å². The number of benzene rings is 2. The first-order valence-electron chi connectivity index (χ1n) is 9.31. The van der Waals surface area contributed by atoms with E-state index >= 15 is 0 Å². The number of carbonyl (C=O) groups is 3. The summed E-state index contributed by atoms with van der Waals surface area (Å²) in [6, 6.07) is 11.3. The Morgan fingerprint density at radius 1 is 1.00 bits per heavy atom. The van der Waals surface area contributed by atoms with Crippen LogP contribution in [-0.4, -0.2) is 34.6 Å². The highest BCUT2D eigenvalue weighted by Crippen LogP contribution is 2.18. The summed E-state index contributed by atoms with van der Waals surface area (Å²) in [4.78, 5) is 46.8. The highest BCUT2D eigenvalue weighted by molar-refractivity contribution is 5.98. The molecule has 0 aliphatic heterocycles. The highest BCUT2D eigenvalue weighted by atomic mass is 16.6. The minimum Gasteiger partial charge on any atom is -0.449 e. The molecule has 0 saturated heterocycles. The Morgan fingerprint density at radius 3 is 2.23 bits per heavy atom. The van der Waals surface area contributed by atoms with Gasteiger partial charge in [0, 0.05) is 23.5 Å². The van der Waals surface area contributed by atoms with E-state index in [2.05, 4.69) is 10.6 Å². The van der Waals surface area contributed by atoms with Gasteiger partial charge in [-0.15, -0.1) is 0 Å². The van der Waals surface area contributed by atoms with Crippen molar-refractivity contribution < 1.29 is 28.8 Å². The first-order valence-corrected chi connectivity index (χ1v) is 9.31. The van der Waals surface area contributed by atoms with E-state index in [1.54, 1.807) is 26.8 Å². The standard InChI is InChI=1S/C21H23N3O7/c1-13(18(25)22-16-9-6-10-17(12-16)24(28)29)30-19(26)14-7-5-8-15(11-14)23-20(27)31-21(2,3)4/h5-13H,1-4H3,(H,22,25)(H,23,27). The van der Waals surface area contributed by atoms with Crippen molar-refractivity contribution in [2.45, 2.75) is 39.4 Å². The summed E-state index contributed by atoms with van der Waals surface area (Å²) in [5.41, 5.74) is -0.230. The normalized spacial score (nSPS) is 11.7. The van der Waals surface area contributed by atoms with Crippen molar-refractivity contribution in [3.05, 3.63) is 64.2 Å². The second kappa shape index (κ2) is 9.70. The van der Waals surface area contributed by atoms with Crippen LogP contribution in [0.15, 0.2) is 48.5 Å². The molecule has 0 radical (unpaired) electrons. The summed E-state index contributed by atoms with van der Waals surface area (Å²) in [6.45, 7) is 6.54. The zero-order valence-electron chi connectivity index (χ0n) is 17.5. The van der Waals surface area contributed by atoms with Gasteiger partial charge in [-0.05, 0) is 52.0 Å². The summed E-state index contributed by atoms with van der Waals surface area (Å²) in [6.07, 6.45) is -1.85. The predicted octanol–water partition coefficient (Wildman–Crippen LogP) is 4.13. The molecular weight excluding hydrogens is 406 g/mol. The van der Waals surface area contributed by atoms with Crippen LogP contribution in [0, 0.1) is 10.1 Å². The lowest BCUT2D eigenvalue weighted by molar-refractivity contribution is -0.384. The van der Waals surface area contributed by atoms with Crippen molar-refractivity contribution in [2.75, 3.05) is 10.6 Å². The summed E-state index contributed by atoms with van der Waals surface area (Å²) < 4.78 is 10.3. The summed E-state index contributed by atoms with van der Waals surface area (Å²) in [7, 11) is 0. The molecule has 10 nitrogen and oxygen atoms in total. The van der Waals surface area contributed by atoms with Crippen LogP contribution in [0.25, 0.3) is 0 Å². The molecule has 0 aliphatic carbocycles. The molecule has 1 atom stereocenters. The number of hydrogen-bond donors (Lipinski definition) is 2. The van der Waals surface area contributed by atoms with E-state index in [0.717, 1.165) is 0 Å². The van der Waals surface area contributed by atoms with Crippen molar-refractivity contribution in [1.82, 2.24) is 0 Å². The van der Waals surface area contributed by atoms with E-state index in [1.807, 2.05) is 0 Å². The number of nitro benzene ring substituents is 1. The Bertz CT molecular complexity index is 998. The topological polar surface area (TPSA) is 137 Å². The third-order valence-electron chi connectivity index (χ3n) is 3.72. The molecule has 0 aromatic heterocycles. The molecule has 2 N–H and O–H groups in total. The van der Waals surface area contributed by atoms with E-state index in [0.29, 0.717) is 5.69 Å². The van der Waals surface area contributed by atoms with Crippen molar-refractivity contribution in [1.29, 1.82) is 0 Å². The van der Waals surface area contributed by atoms with Crippen LogP contribution in [0.4, 0.5) is 21.9 Å². The fourth-order valence-corrected chi connectivity index (χ4v) is 2.37. The van der Waals surface area contributed by atoms with Gasteiger partial charge in [-0.1, -0.05) is 12.1 Å². The van der Waals surface area contributed by atoms with Crippen LogP contribution in [0.2, 0.25) is 0 Å². The molecule has 31 heavy (non-hydrogen) atoms. The van der Waals surface area contributed by atoms with Crippen LogP contribution < -0.4 is 10.6 Å². The number of amides is 2. The zero-order chi connectivity index (χ0) is 23.2. The van der Waals surface area contributed by atoms with Gasteiger partial charge in [-0.2, -0.15) is 0 Å².